The van der Waals surface area contributed by atoms with Crippen molar-refractivity contribution in [2.24, 2.45) is 0 Å². The zero-order valence-electron chi connectivity index (χ0n) is 11.2. The fourth-order valence-electron chi connectivity index (χ4n) is 2.46. The molecule has 0 bridgehead atoms. The van der Waals surface area contributed by atoms with Crippen molar-refractivity contribution in [3.05, 3.63) is 34.1 Å². The molecule has 1 aliphatic rings. The number of anilines is 1. The van der Waals surface area contributed by atoms with Crippen LogP contribution in [0.2, 0.25) is 0 Å². The lowest BCUT2D eigenvalue weighted by Gasteiger charge is -2.15. The number of rotatable bonds is 2. The molecule has 0 aliphatic carbocycles. The Hall–Kier alpha value is -2.37. The minimum atomic E-state index is -0.414. The Labute approximate surface area is 115 Å². The summed E-state index contributed by atoms with van der Waals surface area (Å²) in [6.45, 7) is 1.69. The topological polar surface area (TPSA) is 75.3 Å². The van der Waals surface area contributed by atoms with Crippen molar-refractivity contribution in [3.8, 4) is 0 Å². The van der Waals surface area contributed by atoms with Gasteiger partial charge < -0.3 is 14.6 Å². The molecule has 0 saturated carbocycles. The van der Waals surface area contributed by atoms with Crippen LogP contribution in [0.4, 0.5) is 5.82 Å². The average molecular weight is 273 g/mol. The molecule has 1 aromatic heterocycles. The third-order valence-corrected chi connectivity index (χ3v) is 3.50. The number of nitrogens with one attached hydrogen (secondary N) is 1. The van der Waals surface area contributed by atoms with Gasteiger partial charge in [-0.15, -0.1) is 0 Å². The molecule has 0 amide bonds. The van der Waals surface area contributed by atoms with Gasteiger partial charge in [-0.2, -0.15) is 0 Å². The zero-order chi connectivity index (χ0) is 14.1. The molecule has 6 nitrogen and oxygen atoms in total. The number of ether oxygens (including phenoxy) is 1. The zero-order valence-corrected chi connectivity index (χ0v) is 11.2. The molecule has 1 saturated heterocycles. The lowest BCUT2D eigenvalue weighted by atomic mass is 10.2. The molecular formula is C14H15N3O3. The number of carbonyl (C=O) groups is 1. The maximum Gasteiger partial charge on any atom is 0.337 e. The van der Waals surface area contributed by atoms with Crippen LogP contribution < -0.4 is 10.5 Å². The van der Waals surface area contributed by atoms with Crippen LogP contribution >= 0.6 is 0 Å². The Morgan fingerprint density at radius 3 is 2.80 bits per heavy atom. The Bertz CT molecular complexity index is 717. The second-order valence-electron chi connectivity index (χ2n) is 4.81. The van der Waals surface area contributed by atoms with E-state index >= 15 is 0 Å². The third-order valence-electron chi connectivity index (χ3n) is 3.50. The molecule has 2 aromatic rings. The summed E-state index contributed by atoms with van der Waals surface area (Å²) in [6, 6.07) is 4.92. The van der Waals surface area contributed by atoms with E-state index in [0.29, 0.717) is 22.4 Å². The monoisotopic (exact) mass is 273 g/mol. The second kappa shape index (κ2) is 4.96. The van der Waals surface area contributed by atoms with E-state index in [9.17, 15) is 9.59 Å². The molecule has 1 aromatic carbocycles. The number of aromatic nitrogens is 2. The third kappa shape index (κ3) is 2.13. The van der Waals surface area contributed by atoms with Crippen LogP contribution in [0.15, 0.2) is 23.0 Å². The van der Waals surface area contributed by atoms with Crippen LogP contribution in [-0.2, 0) is 4.74 Å². The van der Waals surface area contributed by atoms with Crippen molar-refractivity contribution >= 4 is 22.8 Å². The van der Waals surface area contributed by atoms with E-state index in [1.807, 2.05) is 4.90 Å². The van der Waals surface area contributed by atoms with Gasteiger partial charge in [-0.1, -0.05) is 0 Å². The second-order valence-corrected chi connectivity index (χ2v) is 4.81. The normalized spacial score (nSPS) is 14.8. The molecule has 6 heteroatoms. The highest BCUT2D eigenvalue weighted by molar-refractivity contribution is 5.93. The molecule has 1 aliphatic heterocycles. The van der Waals surface area contributed by atoms with Crippen LogP contribution in [0.5, 0.6) is 0 Å². The van der Waals surface area contributed by atoms with Gasteiger partial charge in [0.2, 0.25) is 0 Å². The number of carbonyl (C=O) groups excluding carboxylic acids is 1. The molecule has 2 heterocycles. The fraction of sp³-hybridized carbons (Fsp3) is 0.357. The summed E-state index contributed by atoms with van der Waals surface area (Å²) < 4.78 is 4.69. The van der Waals surface area contributed by atoms with E-state index < -0.39 is 5.97 Å². The molecule has 20 heavy (non-hydrogen) atoms. The highest BCUT2D eigenvalue weighted by atomic mass is 16.5. The van der Waals surface area contributed by atoms with Gasteiger partial charge in [-0.3, -0.25) is 4.79 Å². The number of methoxy groups -OCH3 is 1. The van der Waals surface area contributed by atoms with Crippen molar-refractivity contribution < 1.29 is 9.53 Å². The maximum absolute atomic E-state index is 12.0. The summed E-state index contributed by atoms with van der Waals surface area (Å²) >= 11 is 0. The number of hydrogen-bond donors (Lipinski definition) is 1. The van der Waals surface area contributed by atoms with Crippen molar-refractivity contribution in [1.29, 1.82) is 0 Å². The summed E-state index contributed by atoms with van der Waals surface area (Å²) in [5, 5.41) is 0. The quantitative estimate of drug-likeness (QED) is 0.835. The van der Waals surface area contributed by atoms with Crippen molar-refractivity contribution in [2.75, 3.05) is 25.1 Å². The van der Waals surface area contributed by atoms with Crippen LogP contribution in [0.1, 0.15) is 23.2 Å². The van der Waals surface area contributed by atoms with Gasteiger partial charge in [0.25, 0.3) is 5.56 Å². The van der Waals surface area contributed by atoms with E-state index in [4.69, 9.17) is 0 Å². The smallest absolute Gasteiger partial charge is 0.337 e. The Balaban J connectivity index is 2.11. The van der Waals surface area contributed by atoms with Gasteiger partial charge in [-0.05, 0) is 31.0 Å². The molecule has 3 rings (SSSR count). The minimum absolute atomic E-state index is 0.190. The molecule has 0 unspecified atom stereocenters. The Morgan fingerprint density at radius 1 is 1.35 bits per heavy atom. The van der Waals surface area contributed by atoms with Gasteiger partial charge in [-0.25, -0.2) is 9.78 Å². The predicted octanol–water partition coefficient (Wildman–Crippen LogP) is 1.31. The van der Waals surface area contributed by atoms with E-state index in [0.717, 1.165) is 25.9 Å². The van der Waals surface area contributed by atoms with E-state index in [1.165, 1.54) is 7.11 Å². The standard InChI is InChI=1S/C14H15N3O3/c1-20-14(19)9-4-5-10-11(8-9)15-12(13(18)16-10)17-6-2-3-7-17/h4-5,8H,2-3,6-7H2,1H3,(H,16,18). The Kier molecular flexibility index (Phi) is 3.14. The van der Waals surface area contributed by atoms with Crippen molar-refractivity contribution in [1.82, 2.24) is 9.97 Å². The number of esters is 1. The number of benzene rings is 1. The summed E-state index contributed by atoms with van der Waals surface area (Å²) in [5.41, 5.74) is 1.44. The molecule has 1 N–H and O–H groups in total. The van der Waals surface area contributed by atoms with Crippen LogP contribution in [-0.4, -0.2) is 36.1 Å². The predicted molar refractivity (Wildman–Crippen MR) is 75.2 cm³/mol. The average Bonchev–Trinajstić information content (AvgIpc) is 2.99. The van der Waals surface area contributed by atoms with Gasteiger partial charge in [0.15, 0.2) is 5.82 Å². The van der Waals surface area contributed by atoms with Crippen molar-refractivity contribution in [3.63, 3.8) is 0 Å². The number of fused-ring (bicyclic) bond motifs is 1. The SMILES string of the molecule is COC(=O)c1ccc2[nH]c(=O)c(N3CCCC3)nc2c1. The van der Waals surface area contributed by atoms with Crippen LogP contribution in [0.25, 0.3) is 11.0 Å². The molecule has 0 spiro atoms. The first-order valence-electron chi connectivity index (χ1n) is 6.56. The van der Waals surface area contributed by atoms with Crippen molar-refractivity contribution in [2.45, 2.75) is 12.8 Å². The van der Waals surface area contributed by atoms with Crippen LogP contribution in [0, 0.1) is 0 Å². The van der Waals surface area contributed by atoms with Crippen LogP contribution in [0.3, 0.4) is 0 Å². The number of H-pyrrole nitrogens is 1. The molecule has 0 radical (unpaired) electrons. The van der Waals surface area contributed by atoms with E-state index in [-0.39, 0.29) is 5.56 Å². The molecule has 1 fully saturated rings. The summed E-state index contributed by atoms with van der Waals surface area (Å²) in [4.78, 5) is 32.8. The minimum Gasteiger partial charge on any atom is -0.465 e. The van der Waals surface area contributed by atoms with E-state index in [1.54, 1.807) is 18.2 Å². The summed E-state index contributed by atoms with van der Waals surface area (Å²) in [7, 11) is 1.34. The Morgan fingerprint density at radius 2 is 2.10 bits per heavy atom. The highest BCUT2D eigenvalue weighted by Crippen LogP contribution is 2.17. The summed E-state index contributed by atoms with van der Waals surface area (Å²) in [5.74, 6) is 0.0136. The number of hydrogen-bond acceptors (Lipinski definition) is 5. The first-order chi connectivity index (χ1) is 9.69. The largest absolute Gasteiger partial charge is 0.465 e. The van der Waals surface area contributed by atoms with Gasteiger partial charge in [0.05, 0.1) is 23.7 Å². The van der Waals surface area contributed by atoms with Gasteiger partial charge in [0, 0.05) is 13.1 Å². The fourth-order valence-corrected chi connectivity index (χ4v) is 2.46. The molecule has 0 atom stereocenters. The molecule has 104 valence electrons. The summed E-state index contributed by atoms with van der Waals surface area (Å²) in [6.07, 6.45) is 2.14. The highest BCUT2D eigenvalue weighted by Gasteiger charge is 2.18. The van der Waals surface area contributed by atoms with E-state index in [2.05, 4.69) is 14.7 Å². The van der Waals surface area contributed by atoms with Gasteiger partial charge in [0.1, 0.15) is 0 Å². The first kappa shape index (κ1) is 12.7. The molecular weight excluding hydrogens is 258 g/mol. The number of nitrogens with zero attached hydrogens (tertiary/aromatic N) is 2. The maximum atomic E-state index is 12.0. The number of aromatic amines is 1. The first-order valence-corrected chi connectivity index (χ1v) is 6.56. The van der Waals surface area contributed by atoms with Gasteiger partial charge >= 0.3 is 5.97 Å². The lowest BCUT2D eigenvalue weighted by molar-refractivity contribution is 0.0601. The lowest BCUT2D eigenvalue weighted by Crippen LogP contribution is -2.27.